The van der Waals surface area contributed by atoms with Crippen LogP contribution >= 0.6 is 22.6 Å². The van der Waals surface area contributed by atoms with E-state index >= 15 is 0 Å². The monoisotopic (exact) mass is 803 g/mol. The summed E-state index contributed by atoms with van der Waals surface area (Å²) in [6.45, 7) is 5.31. The van der Waals surface area contributed by atoms with Gasteiger partial charge in [-0.3, -0.25) is 4.79 Å². The summed E-state index contributed by atoms with van der Waals surface area (Å²) in [7, 11) is 2.16. The van der Waals surface area contributed by atoms with Gasteiger partial charge in [0.05, 0.1) is 10.9 Å². The molecule has 6 aromatic rings. The number of anilines is 3. The maximum absolute atomic E-state index is 14.5. The Bertz CT molecular complexity index is 2050. The molecule has 0 aliphatic carbocycles. The topological polar surface area (TPSA) is 87.5 Å². The highest BCUT2D eigenvalue weighted by molar-refractivity contribution is 14.1. The third kappa shape index (κ3) is 6.66. The molecule has 2 saturated heterocycles. The van der Waals surface area contributed by atoms with Crippen molar-refractivity contribution in [1.82, 2.24) is 19.7 Å². The molecule has 0 spiro atoms. The van der Waals surface area contributed by atoms with Crippen LogP contribution in [0.25, 0.3) is 11.0 Å². The number of nitrogens with zero attached hydrogens (tertiary/aromatic N) is 5. The van der Waals surface area contributed by atoms with Crippen molar-refractivity contribution in [2.24, 2.45) is 0 Å². The van der Waals surface area contributed by atoms with E-state index in [0.717, 1.165) is 76.0 Å². The quantitative estimate of drug-likeness (QED) is 0.116. The number of fused-ring (bicyclic) bond motifs is 1. The van der Waals surface area contributed by atoms with Gasteiger partial charge in [-0.25, -0.2) is 9.67 Å². The number of aromatic nitrogens is 3. The minimum absolute atomic E-state index is 0.220. The van der Waals surface area contributed by atoms with Crippen molar-refractivity contribution >= 4 is 56.7 Å². The van der Waals surface area contributed by atoms with Gasteiger partial charge in [0, 0.05) is 66.6 Å². The maximum Gasteiger partial charge on any atom is 0.258 e. The zero-order valence-electron chi connectivity index (χ0n) is 29.2. The fraction of sp³-hybridized carbons (Fsp3) is 0.262. The number of pyridine rings is 1. The first-order chi connectivity index (χ1) is 25.5. The van der Waals surface area contributed by atoms with E-state index in [4.69, 9.17) is 14.8 Å². The molecule has 2 N–H and O–H groups in total. The number of benzene rings is 4. The molecule has 0 atom stereocenters. The second-order valence-electron chi connectivity index (χ2n) is 13.6. The number of likely N-dealkylation sites (N-methyl/N-ethyl adjacent to an activating group) is 1. The lowest BCUT2D eigenvalue weighted by molar-refractivity contribution is 0.0904. The second-order valence-corrected chi connectivity index (χ2v) is 14.8. The minimum atomic E-state index is -0.898. The molecule has 9 nitrogen and oxygen atoms in total. The molecule has 0 unspecified atom stereocenters. The summed E-state index contributed by atoms with van der Waals surface area (Å²) < 4.78 is 8.59. The number of piperazine rings is 1. The van der Waals surface area contributed by atoms with Crippen molar-refractivity contribution in [2.75, 3.05) is 62.0 Å². The van der Waals surface area contributed by atoms with E-state index in [9.17, 15) is 4.79 Å². The van der Waals surface area contributed by atoms with Gasteiger partial charge in [0.2, 0.25) is 0 Å². The fourth-order valence-electron chi connectivity index (χ4n) is 7.56. The molecule has 0 bridgehead atoms. The summed E-state index contributed by atoms with van der Waals surface area (Å²) in [6.07, 6.45) is 3.63. The second kappa shape index (κ2) is 15.1. The first-order valence-electron chi connectivity index (χ1n) is 18.0. The predicted molar refractivity (Wildman–Crippen MR) is 216 cm³/mol. The standard InChI is InChI=1S/C42H42IN7O2/c1-48-21-23-49(24-22-48)35-17-18-36(38(28-35)45-34-19-25-52-26-20-34)41(51)46-39-37-27-33(43)29-44-40(37)50(47-39)42(30-11-5-2-6-12-30,31-13-7-3-8-14-31)32-15-9-4-10-16-32/h2-18,27-29,34,45H,19-26H2,1H3,(H,46,47,51). The molecule has 4 aromatic carbocycles. The van der Waals surface area contributed by atoms with Gasteiger partial charge in [0.25, 0.3) is 5.91 Å². The Morgan fingerprint density at radius 3 is 2.00 bits per heavy atom. The summed E-state index contributed by atoms with van der Waals surface area (Å²) in [6, 6.07) is 39.6. The fourth-order valence-corrected chi connectivity index (χ4v) is 8.01. The van der Waals surface area contributed by atoms with E-state index in [-0.39, 0.29) is 11.9 Å². The van der Waals surface area contributed by atoms with Crippen LogP contribution in [-0.2, 0) is 10.3 Å². The highest BCUT2D eigenvalue weighted by atomic mass is 127. The van der Waals surface area contributed by atoms with Gasteiger partial charge in [-0.1, -0.05) is 91.0 Å². The van der Waals surface area contributed by atoms with Crippen LogP contribution < -0.4 is 15.5 Å². The van der Waals surface area contributed by atoms with Crippen LogP contribution in [0.4, 0.5) is 17.2 Å². The van der Waals surface area contributed by atoms with Gasteiger partial charge < -0.3 is 25.2 Å². The Balaban J connectivity index is 1.25. The summed E-state index contributed by atoms with van der Waals surface area (Å²) in [5.74, 6) is 0.230. The van der Waals surface area contributed by atoms with Gasteiger partial charge in [0.15, 0.2) is 11.5 Å². The smallest absolute Gasteiger partial charge is 0.258 e. The zero-order chi connectivity index (χ0) is 35.5. The third-order valence-electron chi connectivity index (χ3n) is 10.3. The molecular weight excluding hydrogens is 761 g/mol. The Kier molecular flexibility index (Phi) is 9.94. The average molecular weight is 804 g/mol. The molecule has 2 aliphatic heterocycles. The van der Waals surface area contributed by atoms with Crippen molar-refractivity contribution in [2.45, 2.75) is 24.4 Å². The molecule has 2 aromatic heterocycles. The SMILES string of the molecule is CN1CCN(c2ccc(C(=O)Nc3nn(C(c4ccccc4)(c4ccccc4)c4ccccc4)c4ncc(I)cc34)c(NC3CCOCC3)c2)CC1. The number of nitrogens with one attached hydrogen (secondary N) is 2. The van der Waals surface area contributed by atoms with E-state index in [1.807, 2.05) is 41.2 Å². The molecular formula is C42H42IN7O2. The molecule has 4 heterocycles. The number of rotatable bonds is 9. The van der Waals surface area contributed by atoms with Gasteiger partial charge in [-0.15, -0.1) is 0 Å². The first kappa shape index (κ1) is 34.3. The number of hydrogen-bond acceptors (Lipinski definition) is 7. The van der Waals surface area contributed by atoms with Crippen LogP contribution in [0.1, 0.15) is 39.9 Å². The van der Waals surface area contributed by atoms with Crippen molar-refractivity contribution in [1.29, 1.82) is 0 Å². The van der Waals surface area contributed by atoms with E-state index in [0.29, 0.717) is 30.2 Å². The molecule has 2 aliphatic rings. The number of carbonyl (C=O) groups excluding carboxylic acids is 1. The van der Waals surface area contributed by atoms with Crippen LogP contribution in [0.5, 0.6) is 0 Å². The molecule has 264 valence electrons. The Hall–Kier alpha value is -4.78. The summed E-state index contributed by atoms with van der Waals surface area (Å²) in [5, 5.41) is 13.1. The molecule has 52 heavy (non-hydrogen) atoms. The lowest BCUT2D eigenvalue weighted by Crippen LogP contribution is -2.44. The van der Waals surface area contributed by atoms with Crippen LogP contribution in [-0.4, -0.2) is 78.1 Å². The molecule has 2 fully saturated rings. The Morgan fingerprint density at radius 2 is 1.40 bits per heavy atom. The Labute approximate surface area is 318 Å². The number of ether oxygens (including phenoxy) is 1. The number of amides is 1. The van der Waals surface area contributed by atoms with E-state index in [1.54, 1.807) is 0 Å². The molecule has 8 rings (SSSR count). The zero-order valence-corrected chi connectivity index (χ0v) is 31.4. The van der Waals surface area contributed by atoms with Crippen molar-refractivity contribution < 1.29 is 9.53 Å². The number of carbonyl (C=O) groups is 1. The molecule has 10 heteroatoms. The van der Waals surface area contributed by atoms with E-state index < -0.39 is 5.54 Å². The summed E-state index contributed by atoms with van der Waals surface area (Å²) in [5.41, 5.74) is 5.36. The number of halogens is 1. The summed E-state index contributed by atoms with van der Waals surface area (Å²) >= 11 is 2.28. The first-order valence-corrected chi connectivity index (χ1v) is 19.0. The molecule has 0 saturated carbocycles. The highest BCUT2D eigenvalue weighted by Crippen LogP contribution is 2.43. The lowest BCUT2D eigenvalue weighted by atomic mass is 9.77. The van der Waals surface area contributed by atoms with Gasteiger partial charge in [0.1, 0.15) is 5.54 Å². The van der Waals surface area contributed by atoms with Crippen LogP contribution in [0.3, 0.4) is 0 Å². The normalized spacial score (nSPS) is 15.8. The Morgan fingerprint density at radius 1 is 0.808 bits per heavy atom. The maximum atomic E-state index is 14.5. The third-order valence-corrected chi connectivity index (χ3v) is 10.9. The average Bonchev–Trinajstić information content (AvgIpc) is 3.54. The summed E-state index contributed by atoms with van der Waals surface area (Å²) in [4.78, 5) is 24.3. The molecule has 0 radical (unpaired) electrons. The van der Waals surface area contributed by atoms with E-state index in [1.165, 1.54) is 0 Å². The van der Waals surface area contributed by atoms with Crippen LogP contribution in [0.2, 0.25) is 0 Å². The minimum Gasteiger partial charge on any atom is -0.381 e. The van der Waals surface area contributed by atoms with Crippen molar-refractivity contribution in [3.63, 3.8) is 0 Å². The van der Waals surface area contributed by atoms with Gasteiger partial charge >= 0.3 is 0 Å². The molecule has 1 amide bonds. The number of hydrogen-bond donors (Lipinski definition) is 2. The van der Waals surface area contributed by atoms with Crippen molar-refractivity contribution in [3.05, 3.63) is 147 Å². The van der Waals surface area contributed by atoms with Crippen molar-refractivity contribution in [3.8, 4) is 0 Å². The van der Waals surface area contributed by atoms with Gasteiger partial charge in [-0.05, 0) is 83.4 Å². The lowest BCUT2D eigenvalue weighted by Gasteiger charge is -2.36. The highest BCUT2D eigenvalue weighted by Gasteiger charge is 2.41. The van der Waals surface area contributed by atoms with Gasteiger partial charge in [-0.2, -0.15) is 5.10 Å². The van der Waals surface area contributed by atoms with E-state index in [2.05, 4.69) is 135 Å². The van der Waals surface area contributed by atoms with Crippen LogP contribution in [0.15, 0.2) is 121 Å². The predicted octanol–water partition coefficient (Wildman–Crippen LogP) is 7.47. The van der Waals surface area contributed by atoms with Crippen LogP contribution in [0, 0.1) is 3.57 Å². The largest absolute Gasteiger partial charge is 0.381 e.